The Hall–Kier alpha value is -4.51. The van der Waals surface area contributed by atoms with E-state index in [-0.39, 0.29) is 18.2 Å². The molecule has 1 saturated heterocycles. The fourth-order valence-electron chi connectivity index (χ4n) is 5.06. The van der Waals surface area contributed by atoms with Crippen molar-refractivity contribution in [2.45, 2.75) is 31.9 Å². The number of hydrogen-bond acceptors (Lipinski definition) is 8. The SMILES string of the molecule is C=CCn1c(=O)c2cnc(Nc3ccc4c(cnn4C)c3)nc2n1-c1cccc(O[C@H]2CCCN(C)CC2)n1. The van der Waals surface area contributed by atoms with Gasteiger partial charge in [-0.2, -0.15) is 15.1 Å². The standard InChI is InChI=1S/C28H31N9O2/c1-4-13-36-27(38)22-18-29-28(31-20-10-11-23-19(16-20)17-30-35(23)3)33-26(22)37(36)24-8-5-9-25(32-24)39-21-7-6-14-34(2)15-12-21/h4-5,8-11,16-18,21H,1,6-7,12-15H2,2-3H3,(H,29,31,33)/t21-/m0/s1. The predicted octanol–water partition coefficient (Wildman–Crippen LogP) is 3.66. The second-order valence-corrected chi connectivity index (χ2v) is 9.89. The van der Waals surface area contributed by atoms with E-state index in [1.54, 1.807) is 21.6 Å². The minimum atomic E-state index is -0.215. The summed E-state index contributed by atoms with van der Waals surface area (Å²) in [7, 11) is 4.04. The molecule has 0 radical (unpaired) electrons. The van der Waals surface area contributed by atoms with Gasteiger partial charge in [-0.1, -0.05) is 12.1 Å². The molecule has 1 atom stereocenters. The fourth-order valence-corrected chi connectivity index (χ4v) is 5.06. The molecule has 0 saturated carbocycles. The summed E-state index contributed by atoms with van der Waals surface area (Å²) in [5.74, 6) is 1.43. The molecule has 0 bridgehead atoms. The van der Waals surface area contributed by atoms with E-state index < -0.39 is 0 Å². The topological polar surface area (TPSA) is 108 Å². The second-order valence-electron chi connectivity index (χ2n) is 9.89. The zero-order chi connectivity index (χ0) is 26.9. The highest BCUT2D eigenvalue weighted by Gasteiger charge is 2.20. The molecule has 5 heterocycles. The number of fused-ring (bicyclic) bond motifs is 2. The quantitative estimate of drug-likeness (QED) is 0.321. The van der Waals surface area contributed by atoms with Gasteiger partial charge in [0.2, 0.25) is 11.8 Å². The molecule has 0 aliphatic carbocycles. The first kappa shape index (κ1) is 24.8. The first-order valence-electron chi connectivity index (χ1n) is 13.1. The maximum Gasteiger partial charge on any atom is 0.278 e. The zero-order valence-electron chi connectivity index (χ0n) is 22.1. The van der Waals surface area contributed by atoms with Crippen LogP contribution >= 0.6 is 0 Å². The van der Waals surface area contributed by atoms with Crippen molar-refractivity contribution in [3.8, 4) is 11.7 Å². The number of benzene rings is 1. The number of rotatable bonds is 7. The summed E-state index contributed by atoms with van der Waals surface area (Å²) in [6, 6.07) is 11.5. The van der Waals surface area contributed by atoms with Gasteiger partial charge in [0.25, 0.3) is 5.56 Å². The number of allylic oxidation sites excluding steroid dienone is 1. The van der Waals surface area contributed by atoms with E-state index in [9.17, 15) is 4.79 Å². The van der Waals surface area contributed by atoms with Gasteiger partial charge in [-0.25, -0.2) is 14.3 Å². The Balaban J connectivity index is 1.37. The number of aryl methyl sites for hydroxylation is 1. The Morgan fingerprint density at radius 3 is 2.90 bits per heavy atom. The Bertz CT molecular complexity index is 1720. The summed E-state index contributed by atoms with van der Waals surface area (Å²) < 4.78 is 11.4. The van der Waals surface area contributed by atoms with E-state index in [4.69, 9.17) is 14.7 Å². The number of nitrogens with one attached hydrogen (secondary N) is 1. The lowest BCUT2D eigenvalue weighted by atomic mass is 10.2. The van der Waals surface area contributed by atoms with Gasteiger partial charge >= 0.3 is 0 Å². The van der Waals surface area contributed by atoms with E-state index in [1.165, 1.54) is 0 Å². The van der Waals surface area contributed by atoms with Gasteiger partial charge in [0.05, 0.1) is 18.3 Å². The Kier molecular flexibility index (Phi) is 6.57. The van der Waals surface area contributed by atoms with Crippen LogP contribution in [0.15, 0.2) is 66.2 Å². The summed E-state index contributed by atoms with van der Waals surface area (Å²) in [4.78, 5) is 29.6. The molecule has 1 aromatic carbocycles. The minimum Gasteiger partial charge on any atom is -0.474 e. The lowest BCUT2D eigenvalue weighted by molar-refractivity contribution is 0.175. The Morgan fingerprint density at radius 2 is 2.03 bits per heavy atom. The number of aromatic nitrogens is 7. The van der Waals surface area contributed by atoms with E-state index in [0.29, 0.717) is 28.7 Å². The third-order valence-electron chi connectivity index (χ3n) is 7.09. The molecule has 0 spiro atoms. The first-order chi connectivity index (χ1) is 19.0. The molecule has 1 N–H and O–H groups in total. The number of hydrogen-bond donors (Lipinski definition) is 1. The van der Waals surface area contributed by atoms with Crippen LogP contribution in [0.4, 0.5) is 11.6 Å². The molecular formula is C28H31N9O2. The molecule has 11 nitrogen and oxygen atoms in total. The van der Waals surface area contributed by atoms with Gasteiger partial charge in [0, 0.05) is 36.9 Å². The highest BCUT2D eigenvalue weighted by atomic mass is 16.5. The lowest BCUT2D eigenvalue weighted by Gasteiger charge is -2.17. The van der Waals surface area contributed by atoms with Crippen molar-refractivity contribution in [3.63, 3.8) is 0 Å². The van der Waals surface area contributed by atoms with Crippen molar-refractivity contribution in [2.24, 2.45) is 7.05 Å². The molecule has 200 valence electrons. The van der Waals surface area contributed by atoms with Crippen LogP contribution in [0.1, 0.15) is 19.3 Å². The number of anilines is 2. The maximum atomic E-state index is 13.3. The molecule has 39 heavy (non-hydrogen) atoms. The fraction of sp³-hybridized carbons (Fsp3) is 0.321. The van der Waals surface area contributed by atoms with Gasteiger partial charge in [-0.05, 0) is 57.1 Å². The van der Waals surface area contributed by atoms with Crippen LogP contribution in [0.5, 0.6) is 5.88 Å². The summed E-state index contributed by atoms with van der Waals surface area (Å²) >= 11 is 0. The molecule has 1 aliphatic rings. The molecule has 0 unspecified atom stereocenters. The third kappa shape index (κ3) is 4.88. The average Bonchev–Trinajstić information content (AvgIpc) is 3.34. The zero-order valence-corrected chi connectivity index (χ0v) is 22.1. The van der Waals surface area contributed by atoms with Crippen LogP contribution in [0.2, 0.25) is 0 Å². The van der Waals surface area contributed by atoms with Crippen molar-refractivity contribution in [1.29, 1.82) is 0 Å². The smallest absolute Gasteiger partial charge is 0.278 e. The number of nitrogens with zero attached hydrogens (tertiary/aromatic N) is 8. The highest BCUT2D eigenvalue weighted by Crippen LogP contribution is 2.23. The summed E-state index contributed by atoms with van der Waals surface area (Å²) in [5, 5.41) is 8.95. The lowest BCUT2D eigenvalue weighted by Crippen LogP contribution is -2.23. The Morgan fingerprint density at radius 1 is 1.13 bits per heavy atom. The summed E-state index contributed by atoms with van der Waals surface area (Å²) in [6.45, 7) is 6.19. The average molecular weight is 526 g/mol. The van der Waals surface area contributed by atoms with Crippen molar-refractivity contribution < 1.29 is 4.74 Å². The molecular weight excluding hydrogens is 494 g/mol. The van der Waals surface area contributed by atoms with Crippen molar-refractivity contribution in [1.82, 2.24) is 39.0 Å². The van der Waals surface area contributed by atoms with Crippen LogP contribution in [0.3, 0.4) is 0 Å². The molecule has 11 heteroatoms. The van der Waals surface area contributed by atoms with Crippen LogP contribution < -0.4 is 15.6 Å². The van der Waals surface area contributed by atoms with Crippen LogP contribution in [-0.2, 0) is 13.6 Å². The van der Waals surface area contributed by atoms with Crippen molar-refractivity contribution >= 4 is 33.6 Å². The molecule has 1 aliphatic heterocycles. The van der Waals surface area contributed by atoms with Gasteiger partial charge in [0.1, 0.15) is 11.5 Å². The predicted molar refractivity (Wildman–Crippen MR) is 151 cm³/mol. The van der Waals surface area contributed by atoms with E-state index in [2.05, 4.69) is 33.9 Å². The van der Waals surface area contributed by atoms with Crippen LogP contribution in [0, 0.1) is 0 Å². The second kappa shape index (κ2) is 10.3. The number of pyridine rings is 1. The van der Waals surface area contributed by atoms with E-state index in [0.717, 1.165) is 48.9 Å². The maximum absolute atomic E-state index is 13.3. The summed E-state index contributed by atoms with van der Waals surface area (Å²) in [5.41, 5.74) is 2.07. The van der Waals surface area contributed by atoms with Gasteiger partial charge < -0.3 is 15.0 Å². The molecule has 6 rings (SSSR count). The normalized spacial score (nSPS) is 16.4. The van der Waals surface area contributed by atoms with Crippen LogP contribution in [0.25, 0.3) is 27.8 Å². The Labute approximate surface area is 225 Å². The largest absolute Gasteiger partial charge is 0.474 e. The van der Waals surface area contributed by atoms with Crippen molar-refractivity contribution in [2.75, 3.05) is 25.5 Å². The van der Waals surface area contributed by atoms with E-state index >= 15 is 0 Å². The van der Waals surface area contributed by atoms with Crippen molar-refractivity contribution in [3.05, 3.63) is 71.8 Å². The number of ether oxygens (including phenoxy) is 1. The summed E-state index contributed by atoms with van der Waals surface area (Å²) in [6.07, 6.45) is 8.15. The van der Waals surface area contributed by atoms with Gasteiger partial charge in [0.15, 0.2) is 11.5 Å². The first-order valence-corrected chi connectivity index (χ1v) is 13.1. The van der Waals surface area contributed by atoms with Gasteiger partial charge in [-0.15, -0.1) is 6.58 Å². The molecule has 0 amide bonds. The highest BCUT2D eigenvalue weighted by molar-refractivity contribution is 5.83. The molecule has 5 aromatic rings. The monoisotopic (exact) mass is 525 g/mol. The molecule has 1 fully saturated rings. The number of likely N-dealkylation sites (tertiary alicyclic amines) is 1. The van der Waals surface area contributed by atoms with Gasteiger partial charge in [-0.3, -0.25) is 9.48 Å². The van der Waals surface area contributed by atoms with Crippen LogP contribution in [-0.4, -0.2) is 65.2 Å². The van der Waals surface area contributed by atoms with E-state index in [1.807, 2.05) is 54.3 Å². The molecule has 4 aromatic heterocycles. The third-order valence-corrected chi connectivity index (χ3v) is 7.09. The minimum absolute atomic E-state index is 0.102.